The third-order valence-corrected chi connectivity index (χ3v) is 6.08. The smallest absolute Gasteiger partial charge is 0.294 e. The first-order valence-electron chi connectivity index (χ1n) is 10.9. The zero-order valence-electron chi connectivity index (χ0n) is 19.5. The van der Waals surface area contributed by atoms with E-state index >= 15 is 0 Å². The summed E-state index contributed by atoms with van der Waals surface area (Å²) in [7, 11) is -4.17. The van der Waals surface area contributed by atoms with Crippen molar-refractivity contribution in [3.05, 3.63) is 78.4 Å². The highest BCUT2D eigenvalue weighted by Gasteiger charge is 2.11. The lowest BCUT2D eigenvalue weighted by Crippen LogP contribution is -2.22. The molecule has 0 bridgehead atoms. The fourth-order valence-electron chi connectivity index (χ4n) is 3.37. The predicted octanol–water partition coefficient (Wildman–Crippen LogP) is 4.66. The van der Waals surface area contributed by atoms with Crippen LogP contribution in [0.15, 0.2) is 77.7 Å². The maximum Gasteiger partial charge on any atom is 0.294 e. The Labute approximate surface area is 197 Å². The van der Waals surface area contributed by atoms with Crippen molar-refractivity contribution in [2.45, 2.75) is 32.2 Å². The zero-order valence-corrected chi connectivity index (χ0v) is 20.3. The van der Waals surface area contributed by atoms with Gasteiger partial charge in [-0.2, -0.15) is 8.42 Å². The number of nitrogens with two attached hydrogens (primary N) is 2. The monoisotopic (exact) mass is 470 g/mol. The van der Waals surface area contributed by atoms with Crippen molar-refractivity contribution in [1.82, 2.24) is 0 Å². The van der Waals surface area contributed by atoms with Crippen molar-refractivity contribution in [3.8, 4) is 0 Å². The highest BCUT2D eigenvalue weighted by Crippen LogP contribution is 2.20. The predicted molar refractivity (Wildman–Crippen MR) is 138 cm³/mol. The lowest BCUT2D eigenvalue weighted by Gasteiger charge is -2.23. The van der Waals surface area contributed by atoms with Gasteiger partial charge in [0.25, 0.3) is 10.1 Å². The molecule has 0 saturated heterocycles. The molecular formula is C25H34N4O3S. The second-order valence-corrected chi connectivity index (χ2v) is 8.91. The van der Waals surface area contributed by atoms with E-state index in [1.54, 1.807) is 6.07 Å². The molecule has 0 heterocycles. The Bertz CT molecular complexity index is 1100. The number of benzene rings is 3. The van der Waals surface area contributed by atoms with E-state index < -0.39 is 10.1 Å². The molecule has 7 nitrogen and oxygen atoms in total. The number of nitrogen functional groups attached to an aromatic ring is 2. The van der Waals surface area contributed by atoms with Gasteiger partial charge in [-0.15, -0.1) is 0 Å². The van der Waals surface area contributed by atoms with Gasteiger partial charge in [-0.1, -0.05) is 12.1 Å². The van der Waals surface area contributed by atoms with Crippen LogP contribution in [0, 0.1) is 0 Å². The van der Waals surface area contributed by atoms with Gasteiger partial charge in [0.1, 0.15) is 0 Å². The fraction of sp³-hybridized carbons (Fsp3) is 0.280. The number of rotatable bonds is 8. The second kappa shape index (κ2) is 12.1. The summed E-state index contributed by atoms with van der Waals surface area (Å²) in [6.45, 7) is 9.72. The van der Waals surface area contributed by atoms with E-state index in [1.165, 1.54) is 17.8 Å². The largest absolute Gasteiger partial charge is 0.399 e. The minimum absolute atomic E-state index is 0.0895. The maximum atomic E-state index is 11.2. The van der Waals surface area contributed by atoms with Crippen LogP contribution in [0.25, 0.3) is 0 Å². The fourth-order valence-corrected chi connectivity index (χ4v) is 3.92. The van der Waals surface area contributed by atoms with E-state index in [4.69, 9.17) is 16.0 Å². The molecule has 0 fully saturated rings. The Morgan fingerprint density at radius 3 is 1.61 bits per heavy atom. The molecule has 33 heavy (non-hydrogen) atoms. The summed E-state index contributed by atoms with van der Waals surface area (Å²) in [5.74, 6) is 0. The SMILES string of the molecule is CCN(CC)c1ccc(N)cc1.CCN(Cc1cccc(S(=O)(=O)O)c1)c1ccc(N)cc1. The van der Waals surface area contributed by atoms with Gasteiger partial charge < -0.3 is 21.3 Å². The highest BCUT2D eigenvalue weighted by molar-refractivity contribution is 7.85. The Hall–Kier alpha value is -3.23. The van der Waals surface area contributed by atoms with Gasteiger partial charge in [-0.3, -0.25) is 4.55 Å². The molecule has 0 atom stereocenters. The van der Waals surface area contributed by atoms with Gasteiger partial charge in [-0.25, -0.2) is 0 Å². The molecule has 0 amide bonds. The average molecular weight is 471 g/mol. The van der Waals surface area contributed by atoms with Crippen molar-refractivity contribution in [2.75, 3.05) is 40.9 Å². The molecule has 3 rings (SSSR count). The van der Waals surface area contributed by atoms with Crippen molar-refractivity contribution >= 4 is 32.9 Å². The zero-order chi connectivity index (χ0) is 24.4. The molecule has 8 heteroatoms. The summed E-state index contributed by atoms with van der Waals surface area (Å²) in [5.41, 5.74) is 15.8. The minimum Gasteiger partial charge on any atom is -0.399 e. The van der Waals surface area contributed by atoms with Crippen LogP contribution >= 0.6 is 0 Å². The summed E-state index contributed by atoms with van der Waals surface area (Å²) in [4.78, 5) is 4.29. The van der Waals surface area contributed by atoms with E-state index in [0.717, 1.165) is 36.6 Å². The van der Waals surface area contributed by atoms with Crippen LogP contribution in [-0.2, 0) is 16.7 Å². The highest BCUT2D eigenvalue weighted by atomic mass is 32.2. The molecule has 0 aliphatic carbocycles. The minimum atomic E-state index is -4.17. The first kappa shape index (κ1) is 26.0. The third kappa shape index (κ3) is 8.00. The molecule has 0 radical (unpaired) electrons. The third-order valence-electron chi connectivity index (χ3n) is 5.23. The van der Waals surface area contributed by atoms with Crippen LogP contribution in [0.5, 0.6) is 0 Å². The molecule has 3 aromatic rings. The molecule has 0 saturated carbocycles. The van der Waals surface area contributed by atoms with Gasteiger partial charge >= 0.3 is 0 Å². The molecule has 0 aliphatic rings. The summed E-state index contributed by atoms with van der Waals surface area (Å²) in [5, 5.41) is 0. The van der Waals surface area contributed by atoms with Gasteiger partial charge in [0.2, 0.25) is 0 Å². The van der Waals surface area contributed by atoms with Crippen LogP contribution < -0.4 is 21.3 Å². The van der Waals surface area contributed by atoms with E-state index in [-0.39, 0.29) is 4.90 Å². The second-order valence-electron chi connectivity index (χ2n) is 7.49. The first-order chi connectivity index (χ1) is 15.7. The van der Waals surface area contributed by atoms with Crippen LogP contribution in [0.4, 0.5) is 22.7 Å². The molecule has 0 spiro atoms. The van der Waals surface area contributed by atoms with Crippen LogP contribution in [0.2, 0.25) is 0 Å². The van der Waals surface area contributed by atoms with Crippen molar-refractivity contribution in [3.63, 3.8) is 0 Å². The molecule has 3 aromatic carbocycles. The van der Waals surface area contributed by atoms with Crippen molar-refractivity contribution in [1.29, 1.82) is 0 Å². The molecule has 178 valence electrons. The van der Waals surface area contributed by atoms with Gasteiger partial charge in [0, 0.05) is 48.9 Å². The van der Waals surface area contributed by atoms with Crippen molar-refractivity contribution in [2.24, 2.45) is 0 Å². The van der Waals surface area contributed by atoms with Crippen LogP contribution in [0.1, 0.15) is 26.3 Å². The molecule has 0 aliphatic heterocycles. The van der Waals surface area contributed by atoms with Crippen molar-refractivity contribution < 1.29 is 13.0 Å². The van der Waals surface area contributed by atoms with E-state index in [0.29, 0.717) is 12.2 Å². The molecule has 5 N–H and O–H groups in total. The Morgan fingerprint density at radius 2 is 1.18 bits per heavy atom. The lowest BCUT2D eigenvalue weighted by molar-refractivity contribution is 0.483. The number of hydrogen-bond acceptors (Lipinski definition) is 6. The number of nitrogens with zero attached hydrogens (tertiary/aromatic N) is 2. The number of anilines is 4. The van der Waals surface area contributed by atoms with Gasteiger partial charge in [0.15, 0.2) is 0 Å². The topological polar surface area (TPSA) is 113 Å². The van der Waals surface area contributed by atoms with E-state index in [9.17, 15) is 8.42 Å². The number of hydrogen-bond donors (Lipinski definition) is 3. The average Bonchev–Trinajstić information content (AvgIpc) is 2.80. The first-order valence-corrected chi connectivity index (χ1v) is 12.4. The lowest BCUT2D eigenvalue weighted by atomic mass is 10.2. The normalized spacial score (nSPS) is 10.8. The van der Waals surface area contributed by atoms with Crippen LogP contribution in [0.3, 0.4) is 0 Å². The van der Waals surface area contributed by atoms with E-state index in [1.807, 2.05) is 49.4 Å². The van der Waals surface area contributed by atoms with Gasteiger partial charge in [0.05, 0.1) is 4.90 Å². The molecule has 0 unspecified atom stereocenters. The van der Waals surface area contributed by atoms with E-state index in [2.05, 4.69) is 35.8 Å². The van der Waals surface area contributed by atoms with Gasteiger partial charge in [-0.05, 0) is 87.0 Å². The molecular weight excluding hydrogens is 436 g/mol. The summed E-state index contributed by atoms with van der Waals surface area (Å²) in [6.07, 6.45) is 0. The maximum absolute atomic E-state index is 11.2. The standard InChI is InChI=1S/C15H18N2O3S.C10H16N2/c1-2-17(14-8-6-13(16)7-9-14)11-12-4-3-5-15(10-12)21(18,19)20;1-3-12(4-2)10-7-5-9(11)6-8-10/h3-10H,2,11,16H2,1H3,(H,18,19,20);5-8H,3-4,11H2,1-2H3. The molecule has 0 aromatic heterocycles. The van der Waals surface area contributed by atoms with Crippen LogP contribution in [-0.4, -0.2) is 32.6 Å². The Balaban J connectivity index is 0.000000273. The Kier molecular flexibility index (Phi) is 9.57. The Morgan fingerprint density at radius 1 is 0.727 bits per heavy atom. The summed E-state index contributed by atoms with van der Waals surface area (Å²) in [6, 6.07) is 21.8. The summed E-state index contributed by atoms with van der Waals surface area (Å²) >= 11 is 0. The quantitative estimate of drug-likeness (QED) is 0.324. The summed E-state index contributed by atoms with van der Waals surface area (Å²) < 4.78 is 31.4.